The van der Waals surface area contributed by atoms with Crippen molar-refractivity contribution in [2.45, 2.75) is 70.1 Å². The molecule has 2 heterocycles. The molecule has 6 heteroatoms. The molecule has 1 amide bonds. The number of aromatic nitrogens is 2. The van der Waals surface area contributed by atoms with E-state index < -0.39 is 6.10 Å². The molecule has 2 saturated carbocycles. The van der Waals surface area contributed by atoms with Gasteiger partial charge in [0.1, 0.15) is 5.82 Å². The van der Waals surface area contributed by atoms with Crippen molar-refractivity contribution in [2.75, 3.05) is 13.1 Å². The molecular formula is C20H32N4O2. The number of aliphatic hydroxyl groups is 1. The van der Waals surface area contributed by atoms with E-state index >= 15 is 0 Å². The predicted molar refractivity (Wildman–Crippen MR) is 99.2 cm³/mol. The van der Waals surface area contributed by atoms with E-state index in [2.05, 4.69) is 20.2 Å². The van der Waals surface area contributed by atoms with Gasteiger partial charge in [-0.25, -0.2) is 4.98 Å². The van der Waals surface area contributed by atoms with E-state index in [1.807, 2.05) is 6.20 Å². The quantitative estimate of drug-likeness (QED) is 0.718. The fourth-order valence-corrected chi connectivity index (χ4v) is 5.25. The first-order chi connectivity index (χ1) is 12.7. The summed E-state index contributed by atoms with van der Waals surface area (Å²) < 4.78 is 0. The Labute approximate surface area is 155 Å². The Balaban J connectivity index is 1.31. The van der Waals surface area contributed by atoms with Crippen LogP contribution in [0.25, 0.3) is 0 Å². The normalized spacial score (nSPS) is 33.6. The maximum atomic E-state index is 12.7. The van der Waals surface area contributed by atoms with Crippen LogP contribution in [0, 0.1) is 17.8 Å². The van der Waals surface area contributed by atoms with E-state index in [-0.39, 0.29) is 17.9 Å². The monoisotopic (exact) mass is 360 g/mol. The van der Waals surface area contributed by atoms with Gasteiger partial charge < -0.3 is 15.4 Å². The molecule has 1 aromatic rings. The second-order valence-electron chi connectivity index (χ2n) is 8.59. The maximum Gasteiger partial charge on any atom is 0.223 e. The zero-order valence-corrected chi connectivity index (χ0v) is 15.6. The van der Waals surface area contributed by atoms with E-state index in [0.29, 0.717) is 11.8 Å². The molecule has 3 fully saturated rings. The molecule has 3 aliphatic rings. The van der Waals surface area contributed by atoms with Crippen LogP contribution in [-0.4, -0.2) is 51.1 Å². The minimum atomic E-state index is -0.408. The lowest BCUT2D eigenvalue weighted by atomic mass is 9.77. The molecule has 0 aromatic carbocycles. The number of rotatable bonds is 4. The van der Waals surface area contributed by atoms with Crippen LogP contribution in [0.5, 0.6) is 0 Å². The van der Waals surface area contributed by atoms with Crippen molar-refractivity contribution in [1.82, 2.24) is 20.2 Å². The fourth-order valence-electron chi connectivity index (χ4n) is 5.25. The highest BCUT2D eigenvalue weighted by molar-refractivity contribution is 5.79. The Morgan fingerprint density at radius 1 is 1.19 bits per heavy atom. The number of amides is 1. The highest BCUT2D eigenvalue weighted by Crippen LogP contribution is 2.37. The lowest BCUT2D eigenvalue weighted by Gasteiger charge is -2.36. The van der Waals surface area contributed by atoms with Crippen molar-refractivity contribution in [3.8, 4) is 0 Å². The Morgan fingerprint density at radius 2 is 1.92 bits per heavy atom. The van der Waals surface area contributed by atoms with Gasteiger partial charge in [0, 0.05) is 31.4 Å². The average Bonchev–Trinajstić information content (AvgIpc) is 3.16. The SMILES string of the molecule is O=C(N[C@H]1C[C@H]2CN(Cc3ncc[nH]3)C[C@H]2C[C@@H]1O)C1CCCCCC1. The van der Waals surface area contributed by atoms with Crippen LogP contribution in [0.15, 0.2) is 12.4 Å². The minimum absolute atomic E-state index is 0.0736. The molecule has 0 unspecified atom stereocenters. The number of fused-ring (bicyclic) bond motifs is 1. The van der Waals surface area contributed by atoms with Crippen LogP contribution in [-0.2, 0) is 11.3 Å². The first-order valence-electron chi connectivity index (χ1n) is 10.4. The minimum Gasteiger partial charge on any atom is -0.391 e. The Morgan fingerprint density at radius 3 is 2.62 bits per heavy atom. The summed E-state index contributed by atoms with van der Waals surface area (Å²) in [7, 11) is 0. The zero-order valence-electron chi connectivity index (χ0n) is 15.6. The Kier molecular flexibility index (Phi) is 5.60. The maximum absolute atomic E-state index is 12.7. The molecule has 3 N–H and O–H groups in total. The highest BCUT2D eigenvalue weighted by atomic mass is 16.3. The molecule has 4 rings (SSSR count). The van der Waals surface area contributed by atoms with Gasteiger partial charge in [0.15, 0.2) is 0 Å². The molecule has 0 radical (unpaired) electrons. The molecule has 144 valence electrons. The third kappa shape index (κ3) is 4.12. The number of carbonyl (C=O) groups excluding carboxylic acids is 1. The lowest BCUT2D eigenvalue weighted by Crippen LogP contribution is -2.50. The van der Waals surface area contributed by atoms with Crippen LogP contribution in [0.2, 0.25) is 0 Å². The number of nitrogens with one attached hydrogen (secondary N) is 2. The van der Waals surface area contributed by atoms with Gasteiger partial charge in [-0.05, 0) is 37.5 Å². The molecule has 1 aromatic heterocycles. The number of aliphatic hydroxyl groups excluding tert-OH is 1. The standard InChI is InChI=1S/C20H32N4O2/c25-18-10-16-12-24(13-19-21-7-8-22-19)11-15(16)9-17(18)23-20(26)14-5-3-1-2-4-6-14/h7-8,14-18,25H,1-6,9-13H2,(H,21,22)(H,23,26)/t15-,16+,17-,18-/m0/s1. The number of imidazole rings is 1. The summed E-state index contributed by atoms with van der Waals surface area (Å²) in [6.45, 7) is 2.90. The van der Waals surface area contributed by atoms with E-state index in [9.17, 15) is 9.90 Å². The van der Waals surface area contributed by atoms with Crippen molar-refractivity contribution >= 4 is 5.91 Å². The molecule has 4 atom stereocenters. The number of carbonyl (C=O) groups is 1. The van der Waals surface area contributed by atoms with Crippen LogP contribution < -0.4 is 5.32 Å². The summed E-state index contributed by atoms with van der Waals surface area (Å²) in [6.07, 6.45) is 11.8. The smallest absolute Gasteiger partial charge is 0.223 e. The third-order valence-corrected chi connectivity index (χ3v) is 6.70. The van der Waals surface area contributed by atoms with Crippen LogP contribution in [0.4, 0.5) is 0 Å². The van der Waals surface area contributed by atoms with Crippen LogP contribution in [0.3, 0.4) is 0 Å². The van der Waals surface area contributed by atoms with Gasteiger partial charge in [0.2, 0.25) is 5.91 Å². The summed E-state index contributed by atoms with van der Waals surface area (Å²) in [6, 6.07) is -0.0736. The van der Waals surface area contributed by atoms with E-state index in [1.54, 1.807) is 6.20 Å². The molecule has 6 nitrogen and oxygen atoms in total. The first-order valence-corrected chi connectivity index (χ1v) is 10.4. The average molecular weight is 361 g/mol. The number of hydrogen-bond acceptors (Lipinski definition) is 4. The van der Waals surface area contributed by atoms with E-state index in [4.69, 9.17) is 0 Å². The van der Waals surface area contributed by atoms with Crippen LogP contribution in [0.1, 0.15) is 57.2 Å². The second kappa shape index (κ2) is 8.09. The summed E-state index contributed by atoms with van der Waals surface area (Å²) in [5.74, 6) is 2.43. The van der Waals surface area contributed by atoms with Crippen molar-refractivity contribution in [3.05, 3.63) is 18.2 Å². The molecule has 1 aliphatic heterocycles. The molecular weight excluding hydrogens is 328 g/mol. The Bertz CT molecular complexity index is 583. The third-order valence-electron chi connectivity index (χ3n) is 6.70. The second-order valence-corrected chi connectivity index (χ2v) is 8.59. The molecule has 0 spiro atoms. The number of aromatic amines is 1. The topological polar surface area (TPSA) is 81.2 Å². The van der Waals surface area contributed by atoms with E-state index in [1.165, 1.54) is 12.8 Å². The number of nitrogens with zero attached hydrogens (tertiary/aromatic N) is 2. The van der Waals surface area contributed by atoms with Gasteiger partial charge in [0.25, 0.3) is 0 Å². The molecule has 2 aliphatic carbocycles. The zero-order chi connectivity index (χ0) is 17.9. The van der Waals surface area contributed by atoms with E-state index in [0.717, 1.165) is 64.0 Å². The van der Waals surface area contributed by atoms with Gasteiger partial charge in [0.05, 0.1) is 18.7 Å². The van der Waals surface area contributed by atoms with Gasteiger partial charge >= 0.3 is 0 Å². The van der Waals surface area contributed by atoms with Crippen LogP contribution >= 0.6 is 0 Å². The summed E-state index contributed by atoms with van der Waals surface area (Å²) >= 11 is 0. The summed E-state index contributed by atoms with van der Waals surface area (Å²) in [5, 5.41) is 13.8. The fraction of sp³-hybridized carbons (Fsp3) is 0.800. The molecule has 26 heavy (non-hydrogen) atoms. The molecule has 1 saturated heterocycles. The summed E-state index contributed by atoms with van der Waals surface area (Å²) in [4.78, 5) is 22.6. The first kappa shape index (κ1) is 18.0. The summed E-state index contributed by atoms with van der Waals surface area (Å²) in [5.41, 5.74) is 0. The van der Waals surface area contributed by atoms with Crippen molar-refractivity contribution < 1.29 is 9.90 Å². The van der Waals surface area contributed by atoms with Gasteiger partial charge in [-0.1, -0.05) is 25.7 Å². The predicted octanol–water partition coefficient (Wildman–Crippen LogP) is 2.07. The van der Waals surface area contributed by atoms with Crippen molar-refractivity contribution in [3.63, 3.8) is 0 Å². The van der Waals surface area contributed by atoms with Gasteiger partial charge in [-0.3, -0.25) is 9.69 Å². The van der Waals surface area contributed by atoms with Crippen molar-refractivity contribution in [1.29, 1.82) is 0 Å². The lowest BCUT2D eigenvalue weighted by molar-refractivity contribution is -0.127. The largest absolute Gasteiger partial charge is 0.391 e. The highest BCUT2D eigenvalue weighted by Gasteiger charge is 2.42. The molecule has 0 bridgehead atoms. The van der Waals surface area contributed by atoms with Crippen molar-refractivity contribution in [2.24, 2.45) is 17.8 Å². The Hall–Kier alpha value is -1.40. The van der Waals surface area contributed by atoms with Gasteiger partial charge in [-0.15, -0.1) is 0 Å². The number of likely N-dealkylation sites (tertiary alicyclic amines) is 1. The number of hydrogen-bond donors (Lipinski definition) is 3. The number of H-pyrrole nitrogens is 1. The van der Waals surface area contributed by atoms with Gasteiger partial charge in [-0.2, -0.15) is 0 Å².